The third-order valence-corrected chi connectivity index (χ3v) is 3.56. The van der Waals surface area contributed by atoms with Gasteiger partial charge in [-0.25, -0.2) is 14.4 Å². The van der Waals surface area contributed by atoms with Crippen LogP contribution < -0.4 is 16.0 Å². The lowest BCUT2D eigenvalue weighted by molar-refractivity contribution is 0.0463. The zero-order valence-electron chi connectivity index (χ0n) is 22.2. The number of hydrogen-bond acceptors (Lipinski definition) is 7. The molecule has 0 aromatic carbocycles. The third kappa shape index (κ3) is 18.7. The van der Waals surface area contributed by atoms with Crippen LogP contribution in [0.2, 0.25) is 0 Å². The van der Waals surface area contributed by atoms with E-state index in [1.165, 1.54) is 0 Å². The largest absolute Gasteiger partial charge is 0.444 e. The number of guanidine groups is 1. The van der Waals surface area contributed by atoms with Crippen molar-refractivity contribution in [1.82, 2.24) is 16.0 Å². The number of amides is 3. The van der Waals surface area contributed by atoms with Gasteiger partial charge in [0, 0.05) is 12.1 Å². The van der Waals surface area contributed by atoms with Crippen LogP contribution in [0.25, 0.3) is 0 Å². The van der Waals surface area contributed by atoms with Crippen LogP contribution in [-0.2, 0) is 14.2 Å². The molecule has 10 heteroatoms. The first-order chi connectivity index (χ1) is 14.7. The molecule has 0 unspecified atom stereocenters. The summed E-state index contributed by atoms with van der Waals surface area (Å²) in [6, 6.07) is 0. The molecule has 0 spiro atoms. The highest BCUT2D eigenvalue weighted by Crippen LogP contribution is 2.15. The molecule has 0 bridgehead atoms. The Labute approximate surface area is 198 Å². The maximum atomic E-state index is 12.1. The molecule has 0 aliphatic rings. The van der Waals surface area contributed by atoms with Gasteiger partial charge >= 0.3 is 18.3 Å². The summed E-state index contributed by atoms with van der Waals surface area (Å²) in [4.78, 5) is 40.5. The molecule has 0 heterocycles. The standard InChI is InChI=1S/C23H44N4O6/c1-20(2,3)31-17(28)25-16(26-18(29)32-21(4,5)6)24-15-13-12-14-23(10,11)27-19(30)33-22(7,8)9/h12-15H2,1-11H3,(H,27,30)(H2,24,25,26,28,29). The highest BCUT2D eigenvalue weighted by molar-refractivity contribution is 6.01. The number of carbonyl (C=O) groups is 3. The van der Waals surface area contributed by atoms with Gasteiger partial charge in [-0.1, -0.05) is 0 Å². The van der Waals surface area contributed by atoms with Gasteiger partial charge in [-0.3, -0.25) is 15.6 Å². The molecular weight excluding hydrogens is 428 g/mol. The molecule has 0 radical (unpaired) electrons. The van der Waals surface area contributed by atoms with Gasteiger partial charge < -0.3 is 19.5 Å². The molecule has 0 aliphatic heterocycles. The third-order valence-electron chi connectivity index (χ3n) is 3.56. The molecule has 0 aromatic rings. The summed E-state index contributed by atoms with van der Waals surface area (Å²) in [6.45, 7) is 20.0. The number of ether oxygens (including phenoxy) is 3. The van der Waals surface area contributed by atoms with Gasteiger partial charge in [0.2, 0.25) is 5.96 Å². The van der Waals surface area contributed by atoms with Crippen LogP contribution in [0.3, 0.4) is 0 Å². The monoisotopic (exact) mass is 472 g/mol. The Bertz CT molecular complexity index is 665. The van der Waals surface area contributed by atoms with Gasteiger partial charge in [-0.2, -0.15) is 0 Å². The lowest BCUT2D eigenvalue weighted by Gasteiger charge is -2.28. The van der Waals surface area contributed by atoms with E-state index in [4.69, 9.17) is 14.2 Å². The zero-order chi connectivity index (χ0) is 26.1. The fourth-order valence-electron chi connectivity index (χ4n) is 2.42. The summed E-state index contributed by atoms with van der Waals surface area (Å²) in [5.41, 5.74) is -2.42. The molecule has 0 saturated heterocycles. The van der Waals surface area contributed by atoms with Crippen molar-refractivity contribution >= 4 is 24.2 Å². The van der Waals surface area contributed by atoms with Crippen LogP contribution in [0, 0.1) is 0 Å². The van der Waals surface area contributed by atoms with Crippen molar-refractivity contribution in [3.63, 3.8) is 0 Å². The molecule has 0 atom stereocenters. The number of carbonyl (C=O) groups excluding carboxylic acids is 3. The minimum atomic E-state index is -0.736. The topological polar surface area (TPSA) is 127 Å². The quantitative estimate of drug-likeness (QED) is 0.219. The minimum Gasteiger partial charge on any atom is -0.444 e. The van der Waals surface area contributed by atoms with Gasteiger partial charge in [0.25, 0.3) is 0 Å². The summed E-state index contributed by atoms with van der Waals surface area (Å²) in [6.07, 6.45) is 0.166. The summed E-state index contributed by atoms with van der Waals surface area (Å²) in [5.74, 6) is -0.0513. The number of nitrogens with zero attached hydrogens (tertiary/aromatic N) is 1. The molecule has 0 rings (SSSR count). The Balaban J connectivity index is 4.86. The van der Waals surface area contributed by atoms with Gasteiger partial charge in [0.05, 0.1) is 0 Å². The van der Waals surface area contributed by atoms with Crippen molar-refractivity contribution in [3.8, 4) is 0 Å². The normalized spacial score (nSPS) is 12.3. The average molecular weight is 473 g/mol. The summed E-state index contributed by atoms with van der Waals surface area (Å²) in [5, 5.41) is 7.76. The first kappa shape index (κ1) is 30.5. The second-order valence-corrected chi connectivity index (χ2v) is 11.5. The fourth-order valence-corrected chi connectivity index (χ4v) is 2.42. The molecule has 33 heavy (non-hydrogen) atoms. The van der Waals surface area contributed by atoms with Crippen LogP contribution in [-0.4, -0.2) is 53.1 Å². The molecule has 0 fully saturated rings. The minimum absolute atomic E-state index is 0.0513. The van der Waals surface area contributed by atoms with Gasteiger partial charge in [-0.05, 0) is 95.4 Å². The van der Waals surface area contributed by atoms with E-state index >= 15 is 0 Å². The van der Waals surface area contributed by atoms with Gasteiger partial charge in [0.15, 0.2) is 0 Å². The molecule has 10 nitrogen and oxygen atoms in total. The van der Waals surface area contributed by atoms with Crippen molar-refractivity contribution in [2.75, 3.05) is 6.54 Å². The maximum Gasteiger partial charge on any atom is 0.414 e. The van der Waals surface area contributed by atoms with Gasteiger partial charge in [-0.15, -0.1) is 0 Å². The van der Waals surface area contributed by atoms with E-state index in [0.29, 0.717) is 19.4 Å². The Kier molecular flexibility index (Phi) is 11.2. The smallest absolute Gasteiger partial charge is 0.414 e. The molecule has 0 saturated carbocycles. The number of hydrogen-bond donors (Lipinski definition) is 3. The molecule has 0 aliphatic carbocycles. The summed E-state index contributed by atoms with van der Waals surface area (Å²) < 4.78 is 15.7. The van der Waals surface area contributed by atoms with E-state index < -0.39 is 40.6 Å². The van der Waals surface area contributed by atoms with Crippen molar-refractivity contribution in [1.29, 1.82) is 0 Å². The molecular formula is C23H44N4O6. The molecule has 3 N–H and O–H groups in total. The first-order valence-corrected chi connectivity index (χ1v) is 11.2. The van der Waals surface area contributed by atoms with Crippen molar-refractivity contribution in [2.24, 2.45) is 4.99 Å². The van der Waals surface area contributed by atoms with E-state index in [-0.39, 0.29) is 5.96 Å². The number of aliphatic imine (C=N–C) groups is 1. The van der Waals surface area contributed by atoms with E-state index in [1.54, 1.807) is 41.5 Å². The van der Waals surface area contributed by atoms with Gasteiger partial charge in [0.1, 0.15) is 16.8 Å². The van der Waals surface area contributed by atoms with E-state index in [0.717, 1.165) is 6.42 Å². The fraction of sp³-hybridized carbons (Fsp3) is 0.826. The van der Waals surface area contributed by atoms with Crippen molar-refractivity contribution in [2.45, 2.75) is 118 Å². The van der Waals surface area contributed by atoms with E-state index in [9.17, 15) is 14.4 Å². The van der Waals surface area contributed by atoms with E-state index in [2.05, 4.69) is 20.9 Å². The Morgan fingerprint density at radius 2 is 1.03 bits per heavy atom. The highest BCUT2D eigenvalue weighted by Gasteiger charge is 2.24. The summed E-state index contributed by atoms with van der Waals surface area (Å²) in [7, 11) is 0. The van der Waals surface area contributed by atoms with Crippen LogP contribution >= 0.6 is 0 Å². The van der Waals surface area contributed by atoms with Crippen molar-refractivity contribution in [3.05, 3.63) is 0 Å². The summed E-state index contributed by atoms with van der Waals surface area (Å²) >= 11 is 0. The number of nitrogens with one attached hydrogen (secondary N) is 3. The predicted molar refractivity (Wildman–Crippen MR) is 128 cm³/mol. The lowest BCUT2D eigenvalue weighted by Crippen LogP contribution is -2.47. The Morgan fingerprint density at radius 3 is 1.42 bits per heavy atom. The molecule has 3 amide bonds. The Morgan fingerprint density at radius 1 is 0.636 bits per heavy atom. The molecule has 192 valence electrons. The average Bonchev–Trinajstić information content (AvgIpc) is 2.47. The second-order valence-electron chi connectivity index (χ2n) is 11.5. The van der Waals surface area contributed by atoms with Crippen LogP contribution in [0.4, 0.5) is 14.4 Å². The lowest BCUT2D eigenvalue weighted by atomic mass is 9.97. The first-order valence-electron chi connectivity index (χ1n) is 11.2. The van der Waals surface area contributed by atoms with Crippen LogP contribution in [0.1, 0.15) is 95.4 Å². The number of unbranched alkanes of at least 4 members (excludes halogenated alkanes) is 1. The van der Waals surface area contributed by atoms with Crippen LogP contribution in [0.15, 0.2) is 4.99 Å². The second kappa shape index (κ2) is 12.1. The molecule has 0 aromatic heterocycles. The maximum absolute atomic E-state index is 12.1. The van der Waals surface area contributed by atoms with E-state index in [1.807, 2.05) is 34.6 Å². The van der Waals surface area contributed by atoms with Crippen molar-refractivity contribution < 1.29 is 28.6 Å². The Hall–Kier alpha value is -2.52. The highest BCUT2D eigenvalue weighted by atomic mass is 16.6. The number of rotatable bonds is 6. The van der Waals surface area contributed by atoms with Crippen LogP contribution in [0.5, 0.6) is 0 Å². The predicted octanol–water partition coefficient (Wildman–Crippen LogP) is 4.87. The number of alkyl carbamates (subject to hydrolysis) is 3. The SMILES string of the molecule is CC(C)(CCCCN=C(NC(=O)OC(C)(C)C)NC(=O)OC(C)(C)C)NC(=O)OC(C)(C)C. The zero-order valence-corrected chi connectivity index (χ0v) is 22.2.